The first kappa shape index (κ1) is 13.5. The quantitative estimate of drug-likeness (QED) is 0.652. The number of urea groups is 1. The lowest BCUT2D eigenvalue weighted by Crippen LogP contribution is -2.41. The third-order valence-corrected chi connectivity index (χ3v) is 2.89. The zero-order chi connectivity index (χ0) is 12.8. The second-order valence-corrected chi connectivity index (χ2v) is 4.68. The fourth-order valence-corrected chi connectivity index (χ4v) is 1.92. The van der Waals surface area contributed by atoms with Crippen LogP contribution in [0.3, 0.4) is 0 Å². The summed E-state index contributed by atoms with van der Waals surface area (Å²) in [5, 5.41) is 14.3. The number of carbonyl (C=O) groups excluding carboxylic acids is 1. The predicted octanol–water partition coefficient (Wildman–Crippen LogP) is 1.51. The van der Waals surface area contributed by atoms with Gasteiger partial charge in [-0.1, -0.05) is 11.6 Å². The molecular weight excluding hydrogens is 220 g/mol. The molecule has 1 rings (SSSR count). The van der Waals surface area contributed by atoms with Crippen LogP contribution in [-0.4, -0.2) is 29.7 Å². The minimum Gasteiger partial charge on any atom is -0.481 e. The van der Waals surface area contributed by atoms with E-state index in [2.05, 4.69) is 10.6 Å². The van der Waals surface area contributed by atoms with E-state index < -0.39 is 5.97 Å². The Balaban J connectivity index is 2.24. The average molecular weight is 240 g/mol. The minimum atomic E-state index is -0.765. The summed E-state index contributed by atoms with van der Waals surface area (Å²) in [6, 6.07) is -0.235. The number of allylic oxidation sites excluding steroid dienone is 1. The second-order valence-electron chi connectivity index (χ2n) is 4.68. The molecule has 17 heavy (non-hydrogen) atoms. The number of amides is 2. The smallest absolute Gasteiger partial charge is 0.315 e. The van der Waals surface area contributed by atoms with Gasteiger partial charge in [0, 0.05) is 12.6 Å². The van der Waals surface area contributed by atoms with E-state index in [0.717, 1.165) is 12.0 Å². The molecule has 0 heterocycles. The van der Waals surface area contributed by atoms with Crippen molar-refractivity contribution in [3.63, 3.8) is 0 Å². The molecule has 0 unspecified atom stereocenters. The van der Waals surface area contributed by atoms with E-state index in [4.69, 9.17) is 5.11 Å². The first-order chi connectivity index (χ1) is 7.99. The van der Waals surface area contributed by atoms with Crippen LogP contribution >= 0.6 is 0 Å². The van der Waals surface area contributed by atoms with Crippen LogP contribution in [0.25, 0.3) is 0 Å². The van der Waals surface area contributed by atoms with Crippen molar-refractivity contribution in [3.8, 4) is 0 Å². The molecule has 2 amide bonds. The van der Waals surface area contributed by atoms with Gasteiger partial charge < -0.3 is 15.7 Å². The van der Waals surface area contributed by atoms with Crippen molar-refractivity contribution in [2.45, 2.75) is 39.2 Å². The van der Waals surface area contributed by atoms with Gasteiger partial charge in [0.1, 0.15) is 0 Å². The molecule has 5 nitrogen and oxygen atoms in total. The molecular formula is C12H20N2O3. The molecule has 2 atom stereocenters. The molecule has 5 heteroatoms. The summed E-state index contributed by atoms with van der Waals surface area (Å²) in [7, 11) is 0. The van der Waals surface area contributed by atoms with E-state index in [1.54, 1.807) is 0 Å². The lowest BCUT2D eigenvalue weighted by atomic mass is 10.1. The molecule has 0 aromatic carbocycles. The van der Waals surface area contributed by atoms with Crippen LogP contribution in [-0.2, 0) is 4.79 Å². The number of carboxylic acids is 1. The van der Waals surface area contributed by atoms with Gasteiger partial charge in [-0.25, -0.2) is 4.79 Å². The molecule has 0 spiro atoms. The van der Waals surface area contributed by atoms with Gasteiger partial charge in [0.05, 0.1) is 5.92 Å². The zero-order valence-electron chi connectivity index (χ0n) is 10.3. The molecule has 1 fully saturated rings. The molecule has 3 N–H and O–H groups in total. The van der Waals surface area contributed by atoms with Gasteiger partial charge in [-0.3, -0.25) is 4.79 Å². The second kappa shape index (κ2) is 6.27. The lowest BCUT2D eigenvalue weighted by molar-refractivity contribution is -0.141. The fourth-order valence-electron chi connectivity index (χ4n) is 1.92. The van der Waals surface area contributed by atoms with Crippen molar-refractivity contribution < 1.29 is 14.7 Å². The lowest BCUT2D eigenvalue weighted by Gasteiger charge is -2.12. The maximum Gasteiger partial charge on any atom is 0.315 e. The van der Waals surface area contributed by atoms with Gasteiger partial charge in [0.15, 0.2) is 0 Å². The zero-order valence-corrected chi connectivity index (χ0v) is 10.3. The number of nitrogens with one attached hydrogen (secondary N) is 2. The summed E-state index contributed by atoms with van der Waals surface area (Å²) < 4.78 is 0. The van der Waals surface area contributed by atoms with Crippen LogP contribution in [0.5, 0.6) is 0 Å². The van der Waals surface area contributed by atoms with Crippen molar-refractivity contribution in [1.29, 1.82) is 0 Å². The predicted molar refractivity (Wildman–Crippen MR) is 64.7 cm³/mol. The topological polar surface area (TPSA) is 78.4 Å². The number of hydrogen-bond donors (Lipinski definition) is 3. The Bertz CT molecular complexity index is 322. The number of carboxylic acid groups (broad SMARTS) is 1. The van der Waals surface area contributed by atoms with Gasteiger partial charge in [-0.15, -0.1) is 0 Å². The highest BCUT2D eigenvalue weighted by molar-refractivity contribution is 5.75. The van der Waals surface area contributed by atoms with E-state index in [0.29, 0.717) is 19.4 Å². The molecule has 0 aliphatic heterocycles. The summed E-state index contributed by atoms with van der Waals surface area (Å²) in [6.07, 6.45) is 3.85. The van der Waals surface area contributed by atoms with Crippen molar-refractivity contribution in [2.75, 3.05) is 6.54 Å². The molecule has 0 bridgehead atoms. The van der Waals surface area contributed by atoms with E-state index >= 15 is 0 Å². The van der Waals surface area contributed by atoms with Crippen LogP contribution in [0.15, 0.2) is 11.6 Å². The molecule has 1 aliphatic carbocycles. The third-order valence-electron chi connectivity index (χ3n) is 2.89. The summed E-state index contributed by atoms with van der Waals surface area (Å²) in [5.74, 6) is -1.07. The fraction of sp³-hybridized carbons (Fsp3) is 0.667. The molecule has 0 aromatic rings. The molecule has 96 valence electrons. The van der Waals surface area contributed by atoms with E-state index in [9.17, 15) is 9.59 Å². The van der Waals surface area contributed by atoms with Crippen molar-refractivity contribution in [1.82, 2.24) is 10.6 Å². The Morgan fingerprint density at radius 1 is 1.35 bits per heavy atom. The van der Waals surface area contributed by atoms with Crippen molar-refractivity contribution >= 4 is 12.0 Å². The number of carbonyl (C=O) groups is 2. The molecule has 0 aromatic heterocycles. The third kappa shape index (κ3) is 4.89. The van der Waals surface area contributed by atoms with Gasteiger partial charge in [-0.2, -0.15) is 0 Å². The number of aliphatic carboxylic acids is 1. The van der Waals surface area contributed by atoms with Gasteiger partial charge in [-0.05, 0) is 33.1 Å². The van der Waals surface area contributed by atoms with Crippen LogP contribution in [0.4, 0.5) is 4.79 Å². The maximum absolute atomic E-state index is 11.5. The average Bonchev–Trinajstić information content (AvgIpc) is 2.65. The van der Waals surface area contributed by atoms with Crippen LogP contribution < -0.4 is 10.6 Å². The summed E-state index contributed by atoms with van der Waals surface area (Å²) in [4.78, 5) is 22.2. The maximum atomic E-state index is 11.5. The summed E-state index contributed by atoms with van der Waals surface area (Å²) in [6.45, 7) is 4.44. The minimum absolute atomic E-state index is 0.0113. The van der Waals surface area contributed by atoms with Crippen LogP contribution in [0.1, 0.15) is 33.1 Å². The number of rotatable bonds is 4. The Morgan fingerprint density at radius 2 is 2.06 bits per heavy atom. The number of hydrogen-bond acceptors (Lipinski definition) is 2. The highest BCUT2D eigenvalue weighted by atomic mass is 16.4. The van der Waals surface area contributed by atoms with E-state index in [1.807, 2.05) is 19.9 Å². The summed E-state index contributed by atoms with van der Waals surface area (Å²) in [5.41, 5.74) is 1.15. The first-order valence-corrected chi connectivity index (χ1v) is 5.89. The van der Waals surface area contributed by atoms with Gasteiger partial charge in [0.25, 0.3) is 0 Å². The highest BCUT2D eigenvalue weighted by Crippen LogP contribution is 2.25. The van der Waals surface area contributed by atoms with Crippen LogP contribution in [0, 0.1) is 5.92 Å². The van der Waals surface area contributed by atoms with E-state index in [1.165, 1.54) is 0 Å². The highest BCUT2D eigenvalue weighted by Gasteiger charge is 2.30. The SMILES string of the molecule is CC(C)=CCNC(=O)N[C@H]1CC[C@@H](C(=O)O)C1. The summed E-state index contributed by atoms with van der Waals surface area (Å²) >= 11 is 0. The molecule has 1 aliphatic rings. The van der Waals surface area contributed by atoms with Gasteiger partial charge in [0.2, 0.25) is 0 Å². The Kier molecular flexibility index (Phi) is 5.00. The largest absolute Gasteiger partial charge is 0.481 e. The molecule has 0 saturated heterocycles. The van der Waals surface area contributed by atoms with Crippen LogP contribution in [0.2, 0.25) is 0 Å². The molecule has 1 saturated carbocycles. The Morgan fingerprint density at radius 3 is 2.59 bits per heavy atom. The van der Waals surface area contributed by atoms with Crippen molar-refractivity contribution in [2.24, 2.45) is 5.92 Å². The molecule has 0 radical (unpaired) electrons. The van der Waals surface area contributed by atoms with E-state index in [-0.39, 0.29) is 18.0 Å². The Labute approximate surface area is 101 Å². The standard InChI is InChI=1S/C12H20N2O3/c1-8(2)5-6-13-12(17)14-10-4-3-9(7-10)11(15)16/h5,9-10H,3-4,6-7H2,1-2H3,(H,15,16)(H2,13,14,17)/t9-,10+/m1/s1. The Hall–Kier alpha value is -1.52. The monoisotopic (exact) mass is 240 g/mol. The normalized spacial score (nSPS) is 22.9. The first-order valence-electron chi connectivity index (χ1n) is 5.89. The van der Waals surface area contributed by atoms with Gasteiger partial charge >= 0.3 is 12.0 Å². The van der Waals surface area contributed by atoms with Crippen molar-refractivity contribution in [3.05, 3.63) is 11.6 Å².